The molecule has 2 rings (SSSR count). The highest BCUT2D eigenvalue weighted by atomic mass is 16.6. The Balaban J connectivity index is 1.83. The van der Waals surface area contributed by atoms with Gasteiger partial charge in [-0.1, -0.05) is 5.21 Å². The lowest BCUT2D eigenvalue weighted by atomic mass is 9.86. The number of rotatable bonds is 2. The quantitative estimate of drug-likeness (QED) is 0.806. The SMILES string of the molecule is CN(C(=O)OC(C)(C)C)[C@H]1C[C@H](n2ccnn2)C1. The average Bonchev–Trinajstić information content (AvgIpc) is 2.65. The summed E-state index contributed by atoms with van der Waals surface area (Å²) < 4.78 is 7.18. The summed E-state index contributed by atoms with van der Waals surface area (Å²) in [5, 5.41) is 7.75. The summed E-state index contributed by atoms with van der Waals surface area (Å²) in [5.74, 6) is 0. The van der Waals surface area contributed by atoms with Crippen LogP contribution in [0.2, 0.25) is 0 Å². The molecule has 0 atom stereocenters. The smallest absolute Gasteiger partial charge is 0.410 e. The van der Waals surface area contributed by atoms with Gasteiger partial charge >= 0.3 is 6.09 Å². The van der Waals surface area contributed by atoms with E-state index in [-0.39, 0.29) is 12.1 Å². The Morgan fingerprint density at radius 1 is 1.44 bits per heavy atom. The summed E-state index contributed by atoms with van der Waals surface area (Å²) in [6.07, 6.45) is 5.07. The van der Waals surface area contributed by atoms with Crippen LogP contribution in [0.25, 0.3) is 0 Å². The van der Waals surface area contributed by atoms with Gasteiger partial charge in [0.2, 0.25) is 0 Å². The summed E-state index contributed by atoms with van der Waals surface area (Å²) >= 11 is 0. The van der Waals surface area contributed by atoms with E-state index >= 15 is 0 Å². The number of hydrogen-bond donors (Lipinski definition) is 0. The molecular formula is C12H20N4O2. The minimum absolute atomic E-state index is 0.231. The van der Waals surface area contributed by atoms with Gasteiger partial charge in [0.15, 0.2) is 0 Å². The van der Waals surface area contributed by atoms with Gasteiger partial charge in [0.1, 0.15) is 5.60 Å². The zero-order valence-electron chi connectivity index (χ0n) is 11.3. The molecule has 6 nitrogen and oxygen atoms in total. The molecule has 0 unspecified atom stereocenters. The van der Waals surface area contributed by atoms with Crippen molar-refractivity contribution >= 4 is 6.09 Å². The molecule has 0 N–H and O–H groups in total. The average molecular weight is 252 g/mol. The number of amides is 1. The molecule has 1 aromatic heterocycles. The Kier molecular flexibility index (Phi) is 3.28. The Morgan fingerprint density at radius 2 is 2.11 bits per heavy atom. The van der Waals surface area contributed by atoms with Crippen LogP contribution < -0.4 is 0 Å². The third-order valence-corrected chi connectivity index (χ3v) is 3.13. The van der Waals surface area contributed by atoms with Gasteiger partial charge in [-0.05, 0) is 33.6 Å². The zero-order chi connectivity index (χ0) is 13.3. The fourth-order valence-electron chi connectivity index (χ4n) is 1.99. The van der Waals surface area contributed by atoms with Crippen molar-refractivity contribution < 1.29 is 9.53 Å². The molecular weight excluding hydrogens is 232 g/mol. The third-order valence-electron chi connectivity index (χ3n) is 3.13. The molecule has 18 heavy (non-hydrogen) atoms. The molecule has 100 valence electrons. The molecule has 1 fully saturated rings. The number of hydrogen-bond acceptors (Lipinski definition) is 4. The maximum absolute atomic E-state index is 11.9. The van der Waals surface area contributed by atoms with E-state index in [9.17, 15) is 4.79 Å². The maximum atomic E-state index is 11.9. The molecule has 1 saturated carbocycles. The topological polar surface area (TPSA) is 60.2 Å². The van der Waals surface area contributed by atoms with E-state index in [0.29, 0.717) is 6.04 Å². The lowest BCUT2D eigenvalue weighted by molar-refractivity contribution is 0.00674. The molecule has 0 aliphatic heterocycles. The molecule has 1 aliphatic carbocycles. The highest BCUT2D eigenvalue weighted by Crippen LogP contribution is 2.34. The van der Waals surface area contributed by atoms with E-state index in [1.807, 2.05) is 31.6 Å². The zero-order valence-corrected chi connectivity index (χ0v) is 11.3. The van der Waals surface area contributed by atoms with E-state index in [0.717, 1.165) is 12.8 Å². The Morgan fingerprint density at radius 3 is 2.61 bits per heavy atom. The molecule has 1 aliphatic rings. The van der Waals surface area contributed by atoms with E-state index in [1.165, 1.54) is 0 Å². The van der Waals surface area contributed by atoms with Gasteiger partial charge in [0.05, 0.1) is 12.2 Å². The van der Waals surface area contributed by atoms with Gasteiger partial charge in [0.25, 0.3) is 0 Å². The van der Waals surface area contributed by atoms with Crippen LogP contribution in [0.5, 0.6) is 0 Å². The van der Waals surface area contributed by atoms with Gasteiger partial charge < -0.3 is 9.64 Å². The van der Waals surface area contributed by atoms with Crippen LogP contribution in [-0.2, 0) is 4.74 Å². The summed E-state index contributed by atoms with van der Waals surface area (Å²) in [4.78, 5) is 13.5. The summed E-state index contributed by atoms with van der Waals surface area (Å²) in [6, 6.07) is 0.580. The van der Waals surface area contributed by atoms with Gasteiger partial charge in [0, 0.05) is 19.3 Å². The second-order valence-corrected chi connectivity index (χ2v) is 5.75. The van der Waals surface area contributed by atoms with Crippen molar-refractivity contribution in [3.8, 4) is 0 Å². The van der Waals surface area contributed by atoms with Crippen molar-refractivity contribution in [1.82, 2.24) is 19.9 Å². The van der Waals surface area contributed by atoms with Gasteiger partial charge in [-0.3, -0.25) is 0 Å². The normalized spacial score (nSPS) is 23.3. The van der Waals surface area contributed by atoms with Crippen molar-refractivity contribution in [3.05, 3.63) is 12.4 Å². The predicted molar refractivity (Wildman–Crippen MR) is 66.1 cm³/mol. The minimum Gasteiger partial charge on any atom is -0.444 e. The van der Waals surface area contributed by atoms with Gasteiger partial charge in [-0.15, -0.1) is 5.10 Å². The first-order chi connectivity index (χ1) is 8.37. The van der Waals surface area contributed by atoms with Crippen molar-refractivity contribution in [1.29, 1.82) is 0 Å². The molecule has 0 aromatic carbocycles. The number of carbonyl (C=O) groups is 1. The van der Waals surface area contributed by atoms with E-state index in [4.69, 9.17) is 4.74 Å². The molecule has 0 bridgehead atoms. The van der Waals surface area contributed by atoms with Crippen LogP contribution in [0.15, 0.2) is 12.4 Å². The second-order valence-electron chi connectivity index (χ2n) is 5.75. The Hall–Kier alpha value is -1.59. The number of nitrogens with zero attached hydrogens (tertiary/aromatic N) is 4. The van der Waals surface area contributed by atoms with Crippen LogP contribution in [0.4, 0.5) is 4.79 Å². The standard InChI is InChI=1S/C12H20N4O2/c1-12(2,3)18-11(17)15(4)9-7-10(8-9)16-6-5-13-14-16/h5-6,9-10H,7-8H2,1-4H3/t9-,10-. The largest absolute Gasteiger partial charge is 0.444 e. The molecule has 1 heterocycles. The van der Waals surface area contributed by atoms with E-state index in [1.54, 1.807) is 18.1 Å². The van der Waals surface area contributed by atoms with E-state index in [2.05, 4.69) is 10.3 Å². The van der Waals surface area contributed by atoms with Crippen LogP contribution in [0.3, 0.4) is 0 Å². The number of ether oxygens (including phenoxy) is 1. The minimum atomic E-state index is -0.444. The van der Waals surface area contributed by atoms with Crippen LogP contribution >= 0.6 is 0 Å². The first-order valence-corrected chi connectivity index (χ1v) is 6.18. The van der Waals surface area contributed by atoms with Gasteiger partial charge in [-0.2, -0.15) is 0 Å². The van der Waals surface area contributed by atoms with Crippen LogP contribution in [-0.4, -0.2) is 44.7 Å². The van der Waals surface area contributed by atoms with Crippen molar-refractivity contribution in [3.63, 3.8) is 0 Å². The van der Waals surface area contributed by atoms with E-state index < -0.39 is 5.60 Å². The maximum Gasteiger partial charge on any atom is 0.410 e. The second kappa shape index (κ2) is 4.59. The fraction of sp³-hybridized carbons (Fsp3) is 0.750. The fourth-order valence-corrected chi connectivity index (χ4v) is 1.99. The first-order valence-electron chi connectivity index (χ1n) is 6.18. The summed E-state index contributed by atoms with van der Waals surface area (Å²) in [6.45, 7) is 5.62. The summed E-state index contributed by atoms with van der Waals surface area (Å²) in [7, 11) is 1.79. The monoisotopic (exact) mass is 252 g/mol. The predicted octanol–water partition coefficient (Wildman–Crippen LogP) is 1.85. The molecule has 1 aromatic rings. The van der Waals surface area contributed by atoms with Gasteiger partial charge in [-0.25, -0.2) is 9.48 Å². The van der Waals surface area contributed by atoms with Crippen LogP contribution in [0, 0.1) is 0 Å². The highest BCUT2D eigenvalue weighted by Gasteiger charge is 2.37. The van der Waals surface area contributed by atoms with Crippen molar-refractivity contribution in [2.75, 3.05) is 7.05 Å². The third kappa shape index (κ3) is 2.80. The molecule has 0 saturated heterocycles. The number of carbonyl (C=O) groups excluding carboxylic acids is 1. The Bertz CT molecular complexity index is 404. The summed E-state index contributed by atoms with van der Waals surface area (Å²) in [5.41, 5.74) is -0.444. The molecule has 0 spiro atoms. The van der Waals surface area contributed by atoms with Crippen molar-refractivity contribution in [2.24, 2.45) is 0 Å². The number of aromatic nitrogens is 3. The van der Waals surface area contributed by atoms with Crippen LogP contribution in [0.1, 0.15) is 39.7 Å². The lowest BCUT2D eigenvalue weighted by Gasteiger charge is -2.41. The lowest BCUT2D eigenvalue weighted by Crippen LogP contribution is -2.47. The first kappa shape index (κ1) is 12.9. The molecule has 1 amide bonds. The molecule has 0 radical (unpaired) electrons. The highest BCUT2D eigenvalue weighted by molar-refractivity contribution is 5.68. The Labute approximate surface area is 107 Å². The van der Waals surface area contributed by atoms with Crippen molar-refractivity contribution in [2.45, 2.75) is 51.3 Å². The molecule has 6 heteroatoms.